The van der Waals surface area contributed by atoms with Crippen molar-refractivity contribution in [2.45, 2.75) is 32.5 Å². The molecule has 0 unspecified atom stereocenters. The second-order valence-electron chi connectivity index (χ2n) is 6.44. The smallest absolute Gasteiger partial charge is 0.222 e. The van der Waals surface area contributed by atoms with Crippen LogP contribution in [0.4, 0.5) is 0 Å². The summed E-state index contributed by atoms with van der Waals surface area (Å²) in [5.74, 6) is 3.57. The predicted octanol–water partition coefficient (Wildman–Crippen LogP) is 3.11. The summed E-state index contributed by atoms with van der Waals surface area (Å²) in [6.45, 7) is 3.31. The van der Waals surface area contributed by atoms with Gasteiger partial charge in [0.2, 0.25) is 5.91 Å². The number of hydrogen-bond acceptors (Lipinski definition) is 3. The number of hydrogen-bond donors (Lipinski definition) is 1. The molecule has 1 heterocycles. The Bertz CT molecular complexity index is 795. The van der Waals surface area contributed by atoms with E-state index in [0.29, 0.717) is 19.5 Å². The molecule has 0 atom stereocenters. The molecule has 0 aliphatic carbocycles. The van der Waals surface area contributed by atoms with Gasteiger partial charge in [0, 0.05) is 38.2 Å². The quantitative estimate of drug-likeness (QED) is 0.746. The molecule has 0 saturated carbocycles. The highest BCUT2D eigenvalue weighted by Crippen LogP contribution is 2.18. The van der Waals surface area contributed by atoms with Crippen LogP contribution < -0.4 is 10.1 Å². The Balaban J connectivity index is 1.55. The molecule has 3 rings (SSSR count). The monoisotopic (exact) mass is 348 g/mol. The van der Waals surface area contributed by atoms with Gasteiger partial charge in [-0.05, 0) is 23.6 Å². The molecular weight excluding hydrogens is 324 g/mol. The van der Waals surface area contributed by atoms with Crippen molar-refractivity contribution < 1.29 is 9.53 Å². The Morgan fingerprint density at radius 3 is 2.77 bits per heavy atom. The highest BCUT2D eigenvalue weighted by Gasteiger charge is 2.19. The van der Waals surface area contributed by atoms with Gasteiger partial charge in [-0.15, -0.1) is 6.42 Å². The Kier molecular flexibility index (Phi) is 6.29. The summed E-state index contributed by atoms with van der Waals surface area (Å²) in [5, 5.41) is 3.45. The number of nitrogens with zero attached hydrogens (tertiary/aromatic N) is 1. The molecule has 2 aromatic rings. The average molecular weight is 348 g/mol. The van der Waals surface area contributed by atoms with Crippen LogP contribution in [0.25, 0.3) is 0 Å². The molecule has 1 saturated heterocycles. The van der Waals surface area contributed by atoms with Gasteiger partial charge < -0.3 is 15.0 Å². The minimum atomic E-state index is 0.261. The van der Waals surface area contributed by atoms with Gasteiger partial charge >= 0.3 is 0 Å². The molecule has 1 fully saturated rings. The maximum Gasteiger partial charge on any atom is 0.222 e. The topological polar surface area (TPSA) is 41.6 Å². The number of likely N-dealkylation sites (tertiary alicyclic amines) is 1. The van der Waals surface area contributed by atoms with E-state index in [1.54, 1.807) is 0 Å². The third-order valence-corrected chi connectivity index (χ3v) is 4.46. The van der Waals surface area contributed by atoms with Crippen molar-refractivity contribution in [3.8, 4) is 18.1 Å². The number of nitrogens with one attached hydrogen (secondary N) is 1. The van der Waals surface area contributed by atoms with Gasteiger partial charge in [-0.1, -0.05) is 48.4 Å². The molecule has 1 aliphatic heterocycles. The van der Waals surface area contributed by atoms with Crippen LogP contribution >= 0.6 is 0 Å². The molecule has 4 heteroatoms. The lowest BCUT2D eigenvalue weighted by Crippen LogP contribution is -2.24. The second kappa shape index (κ2) is 9.07. The van der Waals surface area contributed by atoms with Crippen LogP contribution in [0.15, 0.2) is 48.5 Å². The first-order chi connectivity index (χ1) is 12.8. The van der Waals surface area contributed by atoms with Gasteiger partial charge in [-0.3, -0.25) is 4.79 Å². The van der Waals surface area contributed by atoms with Crippen molar-refractivity contribution in [1.29, 1.82) is 0 Å². The van der Waals surface area contributed by atoms with Crippen molar-refractivity contribution >= 4 is 5.91 Å². The van der Waals surface area contributed by atoms with Crippen LogP contribution in [0.5, 0.6) is 5.75 Å². The van der Waals surface area contributed by atoms with Gasteiger partial charge in [-0.25, -0.2) is 0 Å². The SMILES string of the molecule is C#CCOc1ccccc1CNCc1cccc(CN2CCCC2=O)c1. The Labute approximate surface area is 155 Å². The molecule has 26 heavy (non-hydrogen) atoms. The molecule has 0 aromatic heterocycles. The van der Waals surface area contributed by atoms with E-state index < -0.39 is 0 Å². The Morgan fingerprint density at radius 2 is 1.96 bits per heavy atom. The highest BCUT2D eigenvalue weighted by molar-refractivity contribution is 5.78. The lowest BCUT2D eigenvalue weighted by molar-refractivity contribution is -0.128. The molecule has 134 valence electrons. The number of amides is 1. The second-order valence-corrected chi connectivity index (χ2v) is 6.44. The van der Waals surface area contributed by atoms with Gasteiger partial charge in [0.15, 0.2) is 0 Å². The number of terminal acetylenes is 1. The van der Waals surface area contributed by atoms with Gasteiger partial charge in [0.05, 0.1) is 0 Å². The van der Waals surface area contributed by atoms with Crippen LogP contribution in [-0.4, -0.2) is 24.0 Å². The molecule has 1 aliphatic rings. The zero-order valence-electron chi connectivity index (χ0n) is 14.9. The maximum atomic E-state index is 11.8. The molecule has 0 spiro atoms. The zero-order valence-corrected chi connectivity index (χ0v) is 14.9. The summed E-state index contributed by atoms with van der Waals surface area (Å²) >= 11 is 0. The summed E-state index contributed by atoms with van der Waals surface area (Å²) in [4.78, 5) is 13.7. The van der Waals surface area contributed by atoms with Gasteiger partial charge in [0.1, 0.15) is 12.4 Å². The van der Waals surface area contributed by atoms with Crippen molar-refractivity contribution in [2.24, 2.45) is 0 Å². The lowest BCUT2D eigenvalue weighted by Gasteiger charge is -2.16. The van der Waals surface area contributed by atoms with Crippen molar-refractivity contribution in [3.63, 3.8) is 0 Å². The molecule has 0 radical (unpaired) electrons. The van der Waals surface area contributed by atoms with Crippen LogP contribution in [0.3, 0.4) is 0 Å². The summed E-state index contributed by atoms with van der Waals surface area (Å²) < 4.78 is 5.58. The summed E-state index contributed by atoms with van der Waals surface area (Å²) in [7, 11) is 0. The largest absolute Gasteiger partial charge is 0.481 e. The number of carbonyl (C=O) groups is 1. The average Bonchev–Trinajstić information content (AvgIpc) is 3.06. The fourth-order valence-electron chi connectivity index (χ4n) is 3.18. The van der Waals surface area contributed by atoms with Gasteiger partial charge in [-0.2, -0.15) is 0 Å². The van der Waals surface area contributed by atoms with E-state index in [2.05, 4.69) is 35.5 Å². The number of ether oxygens (including phenoxy) is 1. The zero-order chi connectivity index (χ0) is 18.2. The number of para-hydroxylation sites is 1. The first-order valence-electron chi connectivity index (χ1n) is 8.97. The molecule has 1 amide bonds. The summed E-state index contributed by atoms with van der Waals surface area (Å²) in [6.07, 6.45) is 6.92. The minimum Gasteiger partial charge on any atom is -0.481 e. The molecule has 0 bridgehead atoms. The van der Waals surface area contributed by atoms with E-state index >= 15 is 0 Å². The fraction of sp³-hybridized carbons (Fsp3) is 0.318. The number of benzene rings is 2. The molecule has 4 nitrogen and oxygen atoms in total. The van der Waals surface area contributed by atoms with E-state index in [1.807, 2.05) is 29.2 Å². The van der Waals surface area contributed by atoms with E-state index in [0.717, 1.165) is 30.8 Å². The first-order valence-corrected chi connectivity index (χ1v) is 8.97. The number of rotatable bonds is 8. The van der Waals surface area contributed by atoms with Crippen LogP contribution in [-0.2, 0) is 24.4 Å². The van der Waals surface area contributed by atoms with Crippen molar-refractivity contribution in [1.82, 2.24) is 10.2 Å². The summed E-state index contributed by atoms with van der Waals surface area (Å²) in [6, 6.07) is 16.3. The van der Waals surface area contributed by atoms with E-state index in [1.165, 1.54) is 11.1 Å². The third kappa shape index (κ3) is 4.87. The third-order valence-electron chi connectivity index (χ3n) is 4.46. The standard InChI is InChI=1S/C22H24N2O2/c1-2-13-26-21-10-4-3-9-20(21)16-23-15-18-7-5-8-19(14-18)17-24-12-6-11-22(24)25/h1,3-5,7-10,14,23H,6,11-13,15-17H2. The van der Waals surface area contributed by atoms with E-state index in [9.17, 15) is 4.79 Å². The van der Waals surface area contributed by atoms with Crippen LogP contribution in [0.2, 0.25) is 0 Å². The molecule has 2 aromatic carbocycles. The van der Waals surface area contributed by atoms with Crippen molar-refractivity contribution in [2.75, 3.05) is 13.2 Å². The lowest BCUT2D eigenvalue weighted by atomic mass is 10.1. The number of carbonyl (C=O) groups excluding carboxylic acids is 1. The van der Waals surface area contributed by atoms with Crippen LogP contribution in [0, 0.1) is 12.3 Å². The first kappa shape index (κ1) is 18.0. The highest BCUT2D eigenvalue weighted by atomic mass is 16.5. The summed E-state index contributed by atoms with van der Waals surface area (Å²) in [5.41, 5.74) is 3.47. The van der Waals surface area contributed by atoms with E-state index in [-0.39, 0.29) is 12.5 Å². The maximum absolute atomic E-state index is 11.8. The van der Waals surface area contributed by atoms with Crippen LogP contribution in [0.1, 0.15) is 29.5 Å². The van der Waals surface area contributed by atoms with Crippen molar-refractivity contribution in [3.05, 3.63) is 65.2 Å². The van der Waals surface area contributed by atoms with E-state index in [4.69, 9.17) is 11.2 Å². The molecular formula is C22H24N2O2. The minimum absolute atomic E-state index is 0.261. The Hall–Kier alpha value is -2.77. The Morgan fingerprint density at radius 1 is 1.12 bits per heavy atom. The normalized spacial score (nSPS) is 13.7. The molecule has 1 N–H and O–H groups in total. The predicted molar refractivity (Wildman–Crippen MR) is 102 cm³/mol. The van der Waals surface area contributed by atoms with Gasteiger partial charge in [0.25, 0.3) is 0 Å². The fourth-order valence-corrected chi connectivity index (χ4v) is 3.18.